The van der Waals surface area contributed by atoms with E-state index in [4.69, 9.17) is 0 Å². The molecular weight excluding hydrogens is 420 g/mol. The van der Waals surface area contributed by atoms with Crippen molar-refractivity contribution in [1.29, 1.82) is 0 Å². The molecule has 0 heterocycles. The van der Waals surface area contributed by atoms with Crippen LogP contribution in [-0.4, -0.2) is 50.1 Å². The van der Waals surface area contributed by atoms with Crippen LogP contribution in [0.2, 0.25) is 0 Å². The quantitative estimate of drug-likeness (QED) is 0.526. The third-order valence-corrected chi connectivity index (χ3v) is 6.60. The Morgan fingerprint density at radius 3 is 2.23 bits per heavy atom. The number of carbonyl (C=O) groups is 3. The second-order valence-corrected chi connectivity index (χ2v) is 8.55. The molecule has 0 aliphatic heterocycles. The topological polar surface area (TPSA) is 125 Å². The molecule has 2 aromatic rings. The lowest BCUT2D eigenvalue weighted by Crippen LogP contribution is -2.46. The van der Waals surface area contributed by atoms with Crippen LogP contribution in [0, 0.1) is 6.92 Å². The Morgan fingerprint density at radius 1 is 0.903 bits per heavy atom. The first-order chi connectivity index (χ1) is 14.7. The zero-order chi connectivity index (χ0) is 23.0. The molecule has 2 rings (SSSR count). The van der Waals surface area contributed by atoms with E-state index in [1.54, 1.807) is 45.0 Å². The molecule has 0 aliphatic rings. The molecule has 3 N–H and O–H groups in total. The van der Waals surface area contributed by atoms with Gasteiger partial charge in [-0.05, 0) is 36.8 Å². The van der Waals surface area contributed by atoms with Crippen LogP contribution < -0.4 is 16.2 Å². The highest BCUT2D eigenvalue weighted by Gasteiger charge is 2.22. The molecule has 0 bridgehead atoms. The summed E-state index contributed by atoms with van der Waals surface area (Å²) >= 11 is 0. The van der Waals surface area contributed by atoms with Gasteiger partial charge in [-0.1, -0.05) is 38.1 Å². The minimum Gasteiger partial charge on any atom is -0.343 e. The van der Waals surface area contributed by atoms with Gasteiger partial charge in [0.25, 0.3) is 17.7 Å². The van der Waals surface area contributed by atoms with Gasteiger partial charge in [-0.2, -0.15) is 4.31 Å². The third-order valence-electron chi connectivity index (χ3n) is 4.55. The summed E-state index contributed by atoms with van der Waals surface area (Å²) in [5.74, 6) is -1.73. The van der Waals surface area contributed by atoms with Crippen molar-refractivity contribution in [3.8, 4) is 0 Å². The summed E-state index contributed by atoms with van der Waals surface area (Å²) < 4.78 is 26.5. The Balaban J connectivity index is 1.95. The Labute approximate surface area is 181 Å². The summed E-state index contributed by atoms with van der Waals surface area (Å²) in [6, 6.07) is 12.5. The lowest BCUT2D eigenvalue weighted by atomic mass is 10.1. The van der Waals surface area contributed by atoms with E-state index in [1.807, 2.05) is 0 Å². The zero-order valence-corrected chi connectivity index (χ0v) is 18.5. The smallest absolute Gasteiger partial charge is 0.269 e. The van der Waals surface area contributed by atoms with Crippen molar-refractivity contribution in [3.05, 3.63) is 65.2 Å². The number of benzene rings is 2. The van der Waals surface area contributed by atoms with Crippen molar-refractivity contribution in [3.63, 3.8) is 0 Å². The summed E-state index contributed by atoms with van der Waals surface area (Å²) in [5, 5.41) is 2.47. The van der Waals surface area contributed by atoms with Gasteiger partial charge in [0.15, 0.2) is 0 Å². The van der Waals surface area contributed by atoms with Crippen LogP contribution in [0.5, 0.6) is 0 Å². The number of nitrogens with zero attached hydrogens (tertiary/aromatic N) is 1. The van der Waals surface area contributed by atoms with E-state index >= 15 is 0 Å². The third kappa shape index (κ3) is 6.12. The number of carbonyl (C=O) groups excluding carboxylic acids is 3. The van der Waals surface area contributed by atoms with E-state index < -0.39 is 27.7 Å². The summed E-state index contributed by atoms with van der Waals surface area (Å²) in [6.45, 7) is 5.50. The molecule has 10 heteroatoms. The summed E-state index contributed by atoms with van der Waals surface area (Å²) in [5.41, 5.74) is 5.69. The second kappa shape index (κ2) is 10.7. The van der Waals surface area contributed by atoms with Gasteiger partial charge >= 0.3 is 0 Å². The maximum absolute atomic E-state index is 12.6. The van der Waals surface area contributed by atoms with Gasteiger partial charge in [0, 0.05) is 24.2 Å². The average molecular weight is 447 g/mol. The minimum absolute atomic E-state index is 0.0133. The predicted octanol–water partition coefficient (Wildman–Crippen LogP) is 1.22. The minimum atomic E-state index is -3.72. The lowest BCUT2D eigenvalue weighted by molar-refractivity contribution is -0.120. The largest absolute Gasteiger partial charge is 0.343 e. The fraction of sp³-hybridized carbons (Fsp3) is 0.286. The Morgan fingerprint density at radius 2 is 1.58 bits per heavy atom. The van der Waals surface area contributed by atoms with E-state index in [9.17, 15) is 22.8 Å². The maximum Gasteiger partial charge on any atom is 0.269 e. The second-order valence-electron chi connectivity index (χ2n) is 6.62. The normalized spacial score (nSPS) is 11.1. The summed E-state index contributed by atoms with van der Waals surface area (Å²) in [7, 11) is -3.72. The van der Waals surface area contributed by atoms with Gasteiger partial charge in [-0.15, -0.1) is 0 Å². The standard InChI is InChI=1S/C21H26N4O5S/c1-4-25(5-2)31(29,30)17-11-8-10-16(13-17)20(27)24-23-19(26)14-22-21(28)18-12-7-6-9-15(18)3/h6-13H,4-5,14H2,1-3H3,(H,22,28)(H,23,26)(H,24,27). The van der Waals surface area contributed by atoms with Crippen LogP contribution in [0.25, 0.3) is 0 Å². The Hall–Kier alpha value is -3.24. The highest BCUT2D eigenvalue weighted by Crippen LogP contribution is 2.16. The molecule has 2 aromatic carbocycles. The van der Waals surface area contributed by atoms with Crippen molar-refractivity contribution in [2.75, 3.05) is 19.6 Å². The fourth-order valence-electron chi connectivity index (χ4n) is 2.84. The molecular formula is C21H26N4O5S. The van der Waals surface area contributed by atoms with Crippen molar-refractivity contribution in [1.82, 2.24) is 20.5 Å². The van der Waals surface area contributed by atoms with E-state index in [2.05, 4.69) is 16.2 Å². The number of aryl methyl sites for hydroxylation is 1. The number of hydrazine groups is 1. The molecule has 0 spiro atoms. The van der Waals surface area contributed by atoms with Crippen LogP contribution in [0.3, 0.4) is 0 Å². The highest BCUT2D eigenvalue weighted by molar-refractivity contribution is 7.89. The van der Waals surface area contributed by atoms with Gasteiger partial charge in [-0.25, -0.2) is 8.42 Å². The van der Waals surface area contributed by atoms with Gasteiger partial charge in [0.1, 0.15) is 0 Å². The molecule has 31 heavy (non-hydrogen) atoms. The Kier molecular flexibility index (Phi) is 8.29. The number of hydrogen-bond acceptors (Lipinski definition) is 5. The summed E-state index contributed by atoms with van der Waals surface area (Å²) in [6.07, 6.45) is 0. The number of sulfonamides is 1. The number of amides is 3. The first-order valence-electron chi connectivity index (χ1n) is 9.73. The molecule has 0 radical (unpaired) electrons. The Bertz CT molecular complexity index is 1060. The molecule has 0 saturated carbocycles. The molecule has 0 aromatic heterocycles. The predicted molar refractivity (Wildman–Crippen MR) is 116 cm³/mol. The molecule has 9 nitrogen and oxygen atoms in total. The van der Waals surface area contributed by atoms with Crippen molar-refractivity contribution in [2.24, 2.45) is 0 Å². The summed E-state index contributed by atoms with van der Waals surface area (Å²) in [4.78, 5) is 36.4. The molecule has 0 aliphatic carbocycles. The molecule has 0 saturated heterocycles. The van der Waals surface area contributed by atoms with Gasteiger partial charge in [0.2, 0.25) is 10.0 Å². The highest BCUT2D eigenvalue weighted by atomic mass is 32.2. The first kappa shape index (κ1) is 24.0. The zero-order valence-electron chi connectivity index (χ0n) is 17.6. The van der Waals surface area contributed by atoms with Crippen molar-refractivity contribution >= 4 is 27.7 Å². The van der Waals surface area contributed by atoms with Gasteiger partial charge < -0.3 is 5.32 Å². The van der Waals surface area contributed by atoms with Crippen molar-refractivity contribution in [2.45, 2.75) is 25.7 Å². The maximum atomic E-state index is 12.6. The van der Waals surface area contributed by atoms with Gasteiger partial charge in [-0.3, -0.25) is 25.2 Å². The van der Waals surface area contributed by atoms with E-state index in [1.165, 1.54) is 28.6 Å². The van der Waals surface area contributed by atoms with Crippen LogP contribution >= 0.6 is 0 Å². The number of rotatable bonds is 8. The van der Waals surface area contributed by atoms with Crippen LogP contribution in [-0.2, 0) is 14.8 Å². The van der Waals surface area contributed by atoms with Crippen LogP contribution in [0.15, 0.2) is 53.4 Å². The molecule has 0 atom stereocenters. The fourth-order valence-corrected chi connectivity index (χ4v) is 4.34. The van der Waals surface area contributed by atoms with Gasteiger partial charge in [0.05, 0.1) is 11.4 Å². The molecule has 0 fully saturated rings. The molecule has 3 amide bonds. The first-order valence-corrected chi connectivity index (χ1v) is 11.2. The monoisotopic (exact) mass is 446 g/mol. The van der Waals surface area contributed by atoms with Crippen LogP contribution in [0.4, 0.5) is 0 Å². The van der Waals surface area contributed by atoms with E-state index in [0.717, 1.165) is 5.56 Å². The lowest BCUT2D eigenvalue weighted by Gasteiger charge is -2.18. The number of nitrogens with one attached hydrogen (secondary N) is 3. The van der Waals surface area contributed by atoms with E-state index in [0.29, 0.717) is 18.7 Å². The molecule has 166 valence electrons. The van der Waals surface area contributed by atoms with E-state index in [-0.39, 0.29) is 17.0 Å². The molecule has 0 unspecified atom stereocenters. The SMILES string of the molecule is CCN(CC)S(=O)(=O)c1cccc(C(=O)NNC(=O)CNC(=O)c2ccccc2C)c1. The van der Waals surface area contributed by atoms with Crippen LogP contribution in [0.1, 0.15) is 40.1 Å². The average Bonchev–Trinajstić information content (AvgIpc) is 2.76. The van der Waals surface area contributed by atoms with Crippen molar-refractivity contribution < 1.29 is 22.8 Å². The number of hydrogen-bond donors (Lipinski definition) is 3.